The van der Waals surface area contributed by atoms with E-state index in [-0.39, 0.29) is 12.0 Å². The van der Waals surface area contributed by atoms with Gasteiger partial charge in [0.15, 0.2) is 0 Å². The molecule has 1 unspecified atom stereocenters. The van der Waals surface area contributed by atoms with Gasteiger partial charge in [0.05, 0.1) is 11.5 Å². The van der Waals surface area contributed by atoms with E-state index in [0.717, 1.165) is 30.7 Å². The van der Waals surface area contributed by atoms with Gasteiger partial charge in [-0.2, -0.15) is 5.10 Å². The molecule has 0 aromatic rings. The van der Waals surface area contributed by atoms with Crippen molar-refractivity contribution in [3.05, 3.63) is 11.8 Å². The summed E-state index contributed by atoms with van der Waals surface area (Å²) in [4.78, 5) is 11.2. The standard InChI is InChI=1S/C12H20N2O2/c1-4-6-12(15)14-13-10(3)11-8-5-7-9(2)16-11/h7,11H,4-6,8H2,1-3H3,(H,14,15). The van der Waals surface area contributed by atoms with E-state index in [1.165, 1.54) is 0 Å². The monoisotopic (exact) mass is 224 g/mol. The number of allylic oxidation sites excluding steroid dienone is 2. The minimum atomic E-state index is -0.0371. The van der Waals surface area contributed by atoms with Crippen molar-refractivity contribution in [2.75, 3.05) is 0 Å². The highest BCUT2D eigenvalue weighted by Gasteiger charge is 2.17. The number of carbonyl (C=O) groups is 1. The van der Waals surface area contributed by atoms with Crippen LogP contribution in [-0.4, -0.2) is 17.7 Å². The van der Waals surface area contributed by atoms with Gasteiger partial charge < -0.3 is 4.74 Å². The topological polar surface area (TPSA) is 50.7 Å². The largest absolute Gasteiger partial charge is 0.489 e. The molecule has 0 saturated carbocycles. The molecular weight excluding hydrogens is 204 g/mol. The van der Waals surface area contributed by atoms with Crippen LogP contribution < -0.4 is 5.43 Å². The van der Waals surface area contributed by atoms with Gasteiger partial charge in [-0.15, -0.1) is 0 Å². The lowest BCUT2D eigenvalue weighted by Crippen LogP contribution is -2.27. The first-order valence-electron chi connectivity index (χ1n) is 5.80. The first-order chi connectivity index (χ1) is 7.63. The first kappa shape index (κ1) is 12.7. The van der Waals surface area contributed by atoms with Gasteiger partial charge >= 0.3 is 0 Å². The van der Waals surface area contributed by atoms with Gasteiger partial charge in [-0.3, -0.25) is 4.79 Å². The molecule has 1 aliphatic rings. The van der Waals surface area contributed by atoms with Crippen LogP contribution in [0.2, 0.25) is 0 Å². The molecule has 4 heteroatoms. The van der Waals surface area contributed by atoms with Crippen molar-refractivity contribution in [1.82, 2.24) is 5.43 Å². The van der Waals surface area contributed by atoms with Crippen LogP contribution in [0.5, 0.6) is 0 Å². The Morgan fingerprint density at radius 3 is 3.06 bits per heavy atom. The molecule has 1 amide bonds. The average Bonchev–Trinajstić information content (AvgIpc) is 2.26. The maximum atomic E-state index is 11.2. The van der Waals surface area contributed by atoms with Crippen molar-refractivity contribution >= 4 is 11.6 Å². The molecule has 1 atom stereocenters. The van der Waals surface area contributed by atoms with Crippen molar-refractivity contribution in [2.24, 2.45) is 5.10 Å². The molecular formula is C12H20N2O2. The zero-order valence-corrected chi connectivity index (χ0v) is 10.2. The molecule has 1 N–H and O–H groups in total. The summed E-state index contributed by atoms with van der Waals surface area (Å²) in [7, 11) is 0. The van der Waals surface area contributed by atoms with E-state index in [2.05, 4.69) is 16.6 Å². The summed E-state index contributed by atoms with van der Waals surface area (Å²) in [6, 6.07) is 0. The first-order valence-corrected chi connectivity index (χ1v) is 5.80. The summed E-state index contributed by atoms with van der Waals surface area (Å²) in [6.07, 6.45) is 5.36. The fourth-order valence-electron chi connectivity index (χ4n) is 1.57. The summed E-state index contributed by atoms with van der Waals surface area (Å²) < 4.78 is 5.62. The third-order valence-corrected chi connectivity index (χ3v) is 2.49. The summed E-state index contributed by atoms with van der Waals surface area (Å²) in [6.45, 7) is 5.79. The molecule has 4 nitrogen and oxygen atoms in total. The summed E-state index contributed by atoms with van der Waals surface area (Å²) in [5, 5.41) is 4.07. The zero-order chi connectivity index (χ0) is 12.0. The third kappa shape index (κ3) is 4.04. The Hall–Kier alpha value is -1.32. The van der Waals surface area contributed by atoms with Crippen LogP contribution in [0.25, 0.3) is 0 Å². The van der Waals surface area contributed by atoms with Crippen molar-refractivity contribution in [2.45, 2.75) is 52.6 Å². The Balaban J connectivity index is 2.44. The fraction of sp³-hybridized carbons (Fsp3) is 0.667. The molecule has 0 bridgehead atoms. The quantitative estimate of drug-likeness (QED) is 0.588. The molecule has 1 heterocycles. The van der Waals surface area contributed by atoms with Crippen LogP contribution in [0.4, 0.5) is 0 Å². The SMILES string of the molecule is CCCC(=O)NN=C(C)C1CCC=C(C)O1. The molecule has 0 fully saturated rings. The molecule has 0 spiro atoms. The van der Waals surface area contributed by atoms with Gasteiger partial charge in [-0.1, -0.05) is 6.92 Å². The molecule has 90 valence electrons. The van der Waals surface area contributed by atoms with Crippen LogP contribution in [0.3, 0.4) is 0 Å². The number of hydrogen-bond acceptors (Lipinski definition) is 3. The van der Waals surface area contributed by atoms with Gasteiger partial charge in [-0.25, -0.2) is 5.43 Å². The van der Waals surface area contributed by atoms with Crippen LogP contribution in [0.15, 0.2) is 16.9 Å². The highest BCUT2D eigenvalue weighted by molar-refractivity contribution is 5.88. The summed E-state index contributed by atoms with van der Waals surface area (Å²) in [5.41, 5.74) is 3.38. The molecule has 0 aromatic heterocycles. The lowest BCUT2D eigenvalue weighted by molar-refractivity contribution is -0.121. The number of rotatable bonds is 4. The van der Waals surface area contributed by atoms with E-state index in [1.807, 2.05) is 20.8 Å². The third-order valence-electron chi connectivity index (χ3n) is 2.49. The van der Waals surface area contributed by atoms with Crippen molar-refractivity contribution in [1.29, 1.82) is 0 Å². The molecule has 16 heavy (non-hydrogen) atoms. The number of nitrogens with zero attached hydrogens (tertiary/aromatic N) is 1. The minimum Gasteiger partial charge on any atom is -0.489 e. The maximum Gasteiger partial charge on any atom is 0.240 e. The normalized spacial score (nSPS) is 21.1. The molecule has 1 aliphatic heterocycles. The Bertz CT molecular complexity index is 308. The van der Waals surface area contributed by atoms with E-state index in [9.17, 15) is 4.79 Å². The molecule has 0 radical (unpaired) electrons. The lowest BCUT2D eigenvalue weighted by Gasteiger charge is -2.22. The lowest BCUT2D eigenvalue weighted by atomic mass is 10.1. The van der Waals surface area contributed by atoms with Crippen molar-refractivity contribution < 1.29 is 9.53 Å². The Morgan fingerprint density at radius 1 is 1.69 bits per heavy atom. The second-order valence-corrected chi connectivity index (χ2v) is 4.04. The number of hydrazone groups is 1. The Kier molecular flexibility index (Phi) is 5.02. The number of ether oxygens (including phenoxy) is 1. The predicted molar refractivity (Wildman–Crippen MR) is 64.0 cm³/mol. The van der Waals surface area contributed by atoms with Gasteiger partial charge in [-0.05, 0) is 39.2 Å². The fourth-order valence-corrected chi connectivity index (χ4v) is 1.57. The maximum absolute atomic E-state index is 11.2. The van der Waals surface area contributed by atoms with Gasteiger partial charge in [0.25, 0.3) is 0 Å². The number of nitrogens with one attached hydrogen (secondary N) is 1. The zero-order valence-electron chi connectivity index (χ0n) is 10.2. The predicted octanol–water partition coefficient (Wildman–Crippen LogP) is 2.36. The smallest absolute Gasteiger partial charge is 0.240 e. The number of amides is 1. The highest BCUT2D eigenvalue weighted by atomic mass is 16.5. The van der Waals surface area contributed by atoms with Crippen molar-refractivity contribution in [3.8, 4) is 0 Å². The summed E-state index contributed by atoms with van der Waals surface area (Å²) in [5.74, 6) is 0.899. The highest BCUT2D eigenvalue weighted by Crippen LogP contribution is 2.17. The number of carbonyl (C=O) groups excluding carboxylic acids is 1. The molecule has 0 aliphatic carbocycles. The van der Waals surface area contributed by atoms with E-state index in [4.69, 9.17) is 4.74 Å². The Labute approximate surface area is 96.7 Å². The van der Waals surface area contributed by atoms with Gasteiger partial charge in [0, 0.05) is 6.42 Å². The van der Waals surface area contributed by atoms with Crippen molar-refractivity contribution in [3.63, 3.8) is 0 Å². The minimum absolute atomic E-state index is 0.00641. The van der Waals surface area contributed by atoms with Crippen LogP contribution >= 0.6 is 0 Å². The molecule has 1 rings (SSSR count). The van der Waals surface area contributed by atoms with Crippen LogP contribution in [0.1, 0.15) is 46.5 Å². The van der Waals surface area contributed by atoms with E-state index in [0.29, 0.717) is 6.42 Å². The van der Waals surface area contributed by atoms with Gasteiger partial charge in [0.2, 0.25) is 5.91 Å². The molecule has 0 aromatic carbocycles. The van der Waals surface area contributed by atoms with E-state index < -0.39 is 0 Å². The second-order valence-electron chi connectivity index (χ2n) is 4.04. The summed E-state index contributed by atoms with van der Waals surface area (Å²) >= 11 is 0. The van der Waals surface area contributed by atoms with E-state index in [1.54, 1.807) is 0 Å². The average molecular weight is 224 g/mol. The number of hydrogen-bond donors (Lipinski definition) is 1. The van der Waals surface area contributed by atoms with Crippen LogP contribution in [0, 0.1) is 0 Å². The van der Waals surface area contributed by atoms with Gasteiger partial charge in [0.1, 0.15) is 6.10 Å². The second kappa shape index (κ2) is 6.30. The molecule has 0 saturated heterocycles. The van der Waals surface area contributed by atoms with Crippen LogP contribution in [-0.2, 0) is 9.53 Å². The van der Waals surface area contributed by atoms with E-state index >= 15 is 0 Å². The Morgan fingerprint density at radius 2 is 2.44 bits per heavy atom.